The van der Waals surface area contributed by atoms with Crippen LogP contribution in [0.5, 0.6) is 0 Å². The van der Waals surface area contributed by atoms with Crippen LogP contribution in [0.3, 0.4) is 0 Å². The van der Waals surface area contributed by atoms with E-state index in [1.807, 2.05) is 0 Å². The van der Waals surface area contributed by atoms with E-state index in [4.69, 9.17) is 11.6 Å². The number of nitrogens with zero attached hydrogens (tertiary/aromatic N) is 3. The van der Waals surface area contributed by atoms with Crippen molar-refractivity contribution in [3.05, 3.63) is 91.0 Å². The van der Waals surface area contributed by atoms with Crippen LogP contribution >= 0.6 is 22.9 Å². The molecule has 0 N–H and O–H groups in total. The van der Waals surface area contributed by atoms with Crippen LogP contribution in [0.2, 0.25) is 5.02 Å². The normalized spacial score (nSPS) is 12.5. The summed E-state index contributed by atoms with van der Waals surface area (Å²) in [4.78, 5) is 17.2. The van der Waals surface area contributed by atoms with Crippen LogP contribution in [0.25, 0.3) is 23.2 Å². The Labute approximate surface area is 160 Å². The molecule has 0 aliphatic carbocycles. The number of thiazole rings is 1. The summed E-state index contributed by atoms with van der Waals surface area (Å²) in [7, 11) is 0. The van der Waals surface area contributed by atoms with E-state index in [0.29, 0.717) is 10.8 Å². The number of halogens is 3. The van der Waals surface area contributed by atoms with Gasteiger partial charge in [0.05, 0.1) is 9.55 Å². The maximum absolute atomic E-state index is 13.9. The Balaban J connectivity index is 1.71. The Hall–Kier alpha value is -2.90. The molecule has 0 amide bonds. The van der Waals surface area contributed by atoms with Gasteiger partial charge in [0.15, 0.2) is 5.82 Å². The lowest BCUT2D eigenvalue weighted by molar-refractivity contribution is 0.625. The van der Waals surface area contributed by atoms with E-state index in [-0.39, 0.29) is 20.9 Å². The van der Waals surface area contributed by atoms with E-state index in [1.165, 1.54) is 30.3 Å². The fourth-order valence-electron chi connectivity index (χ4n) is 2.44. The SMILES string of the molecule is O=c1/c(=C/c2c(F)cccc2Cl)sc2nc(/C=C/c3ccc(F)cc3)nn12. The fraction of sp³-hybridized carbons (Fsp3) is 0. The molecule has 2 aromatic heterocycles. The molecule has 0 bridgehead atoms. The predicted octanol–water partition coefficient (Wildman–Crippen LogP) is 3.80. The summed E-state index contributed by atoms with van der Waals surface area (Å²) in [5.74, 6) is -0.482. The molecule has 0 aliphatic heterocycles. The van der Waals surface area contributed by atoms with Crippen molar-refractivity contribution in [1.29, 1.82) is 0 Å². The first-order valence-electron chi connectivity index (χ1n) is 7.80. The van der Waals surface area contributed by atoms with Crippen molar-refractivity contribution in [3.63, 3.8) is 0 Å². The van der Waals surface area contributed by atoms with Crippen LogP contribution in [0.15, 0.2) is 47.3 Å². The quantitative estimate of drug-likeness (QED) is 0.524. The number of hydrogen-bond acceptors (Lipinski definition) is 4. The molecule has 0 saturated heterocycles. The second-order valence-electron chi connectivity index (χ2n) is 5.60. The molecule has 27 heavy (non-hydrogen) atoms. The number of aromatic nitrogens is 3. The molecule has 2 heterocycles. The zero-order valence-corrected chi connectivity index (χ0v) is 15.1. The van der Waals surface area contributed by atoms with E-state index < -0.39 is 11.4 Å². The summed E-state index contributed by atoms with van der Waals surface area (Å²) in [6.07, 6.45) is 4.74. The minimum absolute atomic E-state index is 0.150. The lowest BCUT2D eigenvalue weighted by atomic mass is 10.2. The van der Waals surface area contributed by atoms with Gasteiger partial charge in [-0.05, 0) is 42.0 Å². The minimum Gasteiger partial charge on any atom is -0.266 e. The second kappa shape index (κ2) is 7.02. The average Bonchev–Trinajstić information content (AvgIpc) is 3.17. The molecular formula is C19H10ClF2N3OS. The molecule has 0 saturated carbocycles. The Morgan fingerprint density at radius 2 is 1.85 bits per heavy atom. The summed E-state index contributed by atoms with van der Waals surface area (Å²) in [5.41, 5.74) is 0.528. The van der Waals surface area contributed by atoms with Gasteiger partial charge < -0.3 is 0 Å². The summed E-state index contributed by atoms with van der Waals surface area (Å²) >= 11 is 7.09. The lowest BCUT2D eigenvalue weighted by Crippen LogP contribution is -2.23. The van der Waals surface area contributed by atoms with E-state index in [1.54, 1.807) is 30.4 Å². The van der Waals surface area contributed by atoms with E-state index in [0.717, 1.165) is 21.4 Å². The van der Waals surface area contributed by atoms with Crippen molar-refractivity contribution in [2.24, 2.45) is 0 Å². The third-order valence-electron chi connectivity index (χ3n) is 3.77. The van der Waals surface area contributed by atoms with Gasteiger partial charge in [0, 0.05) is 5.56 Å². The second-order valence-corrected chi connectivity index (χ2v) is 7.02. The van der Waals surface area contributed by atoms with Crippen molar-refractivity contribution in [1.82, 2.24) is 14.6 Å². The lowest BCUT2D eigenvalue weighted by Gasteiger charge is -1.97. The highest BCUT2D eigenvalue weighted by atomic mass is 35.5. The summed E-state index contributed by atoms with van der Waals surface area (Å²) in [5, 5.41) is 4.37. The van der Waals surface area contributed by atoms with Gasteiger partial charge in [0.2, 0.25) is 4.96 Å². The topological polar surface area (TPSA) is 47.3 Å². The standard InChI is InChI=1S/C19H10ClF2N3OS/c20-14-2-1-3-15(22)13(14)10-16-18(26)25-19(27-16)23-17(24-25)9-6-11-4-7-12(21)8-5-11/h1-10H/b9-6+,16-10-. The van der Waals surface area contributed by atoms with Gasteiger partial charge in [-0.3, -0.25) is 4.79 Å². The molecule has 0 fully saturated rings. The first kappa shape index (κ1) is 17.5. The number of benzene rings is 2. The number of hydrogen-bond donors (Lipinski definition) is 0. The summed E-state index contributed by atoms with van der Waals surface area (Å²) in [6.45, 7) is 0. The Morgan fingerprint density at radius 3 is 2.56 bits per heavy atom. The van der Waals surface area contributed by atoms with Gasteiger partial charge in [-0.25, -0.2) is 8.78 Å². The molecule has 0 spiro atoms. The van der Waals surface area contributed by atoms with Gasteiger partial charge in [0.25, 0.3) is 5.56 Å². The van der Waals surface area contributed by atoms with Crippen LogP contribution in [0, 0.1) is 11.6 Å². The molecule has 4 nitrogen and oxygen atoms in total. The number of rotatable bonds is 3. The average molecular weight is 402 g/mol. The van der Waals surface area contributed by atoms with Gasteiger partial charge in [-0.15, -0.1) is 5.10 Å². The largest absolute Gasteiger partial charge is 0.291 e. The van der Waals surface area contributed by atoms with Crippen LogP contribution in [0.1, 0.15) is 17.0 Å². The van der Waals surface area contributed by atoms with Gasteiger partial charge in [-0.1, -0.05) is 47.2 Å². The van der Waals surface area contributed by atoms with E-state index >= 15 is 0 Å². The van der Waals surface area contributed by atoms with Crippen LogP contribution in [-0.4, -0.2) is 14.6 Å². The first-order valence-corrected chi connectivity index (χ1v) is 9.00. The molecule has 4 rings (SSSR count). The Morgan fingerprint density at radius 1 is 1.07 bits per heavy atom. The number of fused-ring (bicyclic) bond motifs is 1. The first-order chi connectivity index (χ1) is 13.0. The molecule has 0 atom stereocenters. The van der Waals surface area contributed by atoms with Crippen LogP contribution < -0.4 is 10.1 Å². The third kappa shape index (κ3) is 3.51. The Bertz CT molecular complexity index is 1260. The third-order valence-corrected chi connectivity index (χ3v) is 5.06. The highest BCUT2D eigenvalue weighted by molar-refractivity contribution is 7.15. The highest BCUT2D eigenvalue weighted by Crippen LogP contribution is 2.19. The predicted molar refractivity (Wildman–Crippen MR) is 103 cm³/mol. The molecule has 0 aliphatic rings. The molecule has 0 radical (unpaired) electrons. The van der Waals surface area contributed by atoms with Crippen molar-refractivity contribution in [2.75, 3.05) is 0 Å². The van der Waals surface area contributed by atoms with Crippen molar-refractivity contribution >= 4 is 46.1 Å². The summed E-state index contributed by atoms with van der Waals surface area (Å²) in [6, 6.07) is 10.3. The zero-order valence-electron chi connectivity index (χ0n) is 13.6. The molecule has 4 aromatic rings. The Kier molecular flexibility index (Phi) is 4.55. The van der Waals surface area contributed by atoms with Crippen LogP contribution in [-0.2, 0) is 0 Å². The molecule has 134 valence electrons. The minimum atomic E-state index is -0.510. The van der Waals surface area contributed by atoms with Gasteiger partial charge in [0.1, 0.15) is 11.6 Å². The summed E-state index contributed by atoms with van der Waals surface area (Å²) < 4.78 is 28.3. The van der Waals surface area contributed by atoms with Gasteiger partial charge in [-0.2, -0.15) is 9.50 Å². The smallest absolute Gasteiger partial charge is 0.266 e. The van der Waals surface area contributed by atoms with E-state index in [2.05, 4.69) is 10.1 Å². The zero-order chi connectivity index (χ0) is 19.0. The van der Waals surface area contributed by atoms with Crippen molar-refractivity contribution in [3.8, 4) is 0 Å². The highest BCUT2D eigenvalue weighted by Gasteiger charge is 2.11. The molecule has 0 unspecified atom stereocenters. The maximum atomic E-state index is 13.9. The van der Waals surface area contributed by atoms with Crippen molar-refractivity contribution in [2.45, 2.75) is 0 Å². The fourth-order valence-corrected chi connectivity index (χ4v) is 3.56. The van der Waals surface area contributed by atoms with Crippen molar-refractivity contribution < 1.29 is 8.78 Å². The maximum Gasteiger partial charge on any atom is 0.291 e. The van der Waals surface area contributed by atoms with Gasteiger partial charge >= 0.3 is 0 Å². The monoisotopic (exact) mass is 401 g/mol. The molecule has 8 heteroatoms. The van der Waals surface area contributed by atoms with Crippen LogP contribution in [0.4, 0.5) is 8.78 Å². The molecule has 2 aromatic carbocycles. The molecular weight excluding hydrogens is 392 g/mol. The van der Waals surface area contributed by atoms with E-state index in [9.17, 15) is 13.6 Å².